The summed E-state index contributed by atoms with van der Waals surface area (Å²) < 4.78 is 5.85. The number of hydrogen-bond acceptors (Lipinski definition) is 4. The third-order valence-electron chi connectivity index (χ3n) is 6.40. The van der Waals surface area contributed by atoms with E-state index in [1.165, 1.54) is 19.3 Å². The third kappa shape index (κ3) is 5.83. The van der Waals surface area contributed by atoms with E-state index in [0.717, 1.165) is 18.4 Å². The Hall–Kier alpha value is -3.53. The average Bonchev–Trinajstić information content (AvgIpc) is 2.88. The van der Waals surface area contributed by atoms with Crippen LogP contribution in [0.1, 0.15) is 53.6 Å². The zero-order valence-corrected chi connectivity index (χ0v) is 18.8. The number of rotatable bonds is 5. The highest BCUT2D eigenvalue weighted by Crippen LogP contribution is 2.20. The van der Waals surface area contributed by atoms with Crippen LogP contribution in [0.4, 0.5) is 4.79 Å². The van der Waals surface area contributed by atoms with Crippen molar-refractivity contribution in [1.29, 1.82) is 5.26 Å². The van der Waals surface area contributed by atoms with Crippen LogP contribution in [0.15, 0.2) is 48.5 Å². The number of nitrogens with one attached hydrogen (secondary N) is 1. The van der Waals surface area contributed by atoms with E-state index in [1.807, 2.05) is 23.1 Å². The quantitative estimate of drug-likeness (QED) is 0.754. The first-order valence-electron chi connectivity index (χ1n) is 11.7. The van der Waals surface area contributed by atoms with Gasteiger partial charge in [0.15, 0.2) is 0 Å². The molecule has 2 aromatic carbocycles. The van der Waals surface area contributed by atoms with Gasteiger partial charge in [0.05, 0.1) is 11.6 Å². The lowest BCUT2D eigenvalue weighted by Gasteiger charge is -2.36. The molecule has 1 heterocycles. The van der Waals surface area contributed by atoms with Gasteiger partial charge in [-0.15, -0.1) is 0 Å². The molecular formula is C26H30N4O3. The Labute approximate surface area is 194 Å². The summed E-state index contributed by atoms with van der Waals surface area (Å²) in [6.07, 6.45) is 5.74. The lowest BCUT2D eigenvalue weighted by Crippen LogP contribution is -2.54. The number of hydrogen-bond donors (Lipinski definition) is 1. The molecule has 3 amide bonds. The molecule has 0 spiro atoms. The Morgan fingerprint density at radius 1 is 0.970 bits per heavy atom. The Kier molecular flexibility index (Phi) is 7.46. The molecule has 1 N–H and O–H groups in total. The molecule has 4 rings (SSSR count). The molecule has 2 aliphatic rings. The Balaban J connectivity index is 1.30. The van der Waals surface area contributed by atoms with E-state index in [-0.39, 0.29) is 24.6 Å². The smallest absolute Gasteiger partial charge is 0.317 e. The molecule has 0 radical (unpaired) electrons. The van der Waals surface area contributed by atoms with Crippen LogP contribution >= 0.6 is 0 Å². The Morgan fingerprint density at radius 2 is 1.70 bits per heavy atom. The van der Waals surface area contributed by atoms with E-state index in [0.29, 0.717) is 43.1 Å². The fourth-order valence-electron chi connectivity index (χ4n) is 4.44. The maximum atomic E-state index is 13.0. The lowest BCUT2D eigenvalue weighted by atomic mass is 9.96. The van der Waals surface area contributed by atoms with Crippen LogP contribution in [0.5, 0.6) is 5.75 Å². The summed E-state index contributed by atoms with van der Waals surface area (Å²) in [5.41, 5.74) is 1.94. The van der Waals surface area contributed by atoms with E-state index in [1.54, 1.807) is 35.2 Å². The second-order valence-corrected chi connectivity index (χ2v) is 8.65. The number of ether oxygens (including phenoxy) is 1. The number of piperazine rings is 1. The molecule has 0 unspecified atom stereocenters. The molecular weight excluding hydrogens is 416 g/mol. The first kappa shape index (κ1) is 22.7. The predicted molar refractivity (Wildman–Crippen MR) is 125 cm³/mol. The monoisotopic (exact) mass is 446 g/mol. The van der Waals surface area contributed by atoms with Crippen molar-refractivity contribution in [2.45, 2.75) is 44.8 Å². The van der Waals surface area contributed by atoms with Crippen LogP contribution in [0.3, 0.4) is 0 Å². The average molecular weight is 447 g/mol. The molecule has 0 atom stereocenters. The topological polar surface area (TPSA) is 85.7 Å². The maximum absolute atomic E-state index is 13.0. The standard InChI is InChI=1S/C26H30N4O3/c27-18-21-7-4-5-8-22(21)19-33-24-12-6-9-20(17-24)25(31)29-13-15-30(16-14-29)26(32)28-23-10-2-1-3-11-23/h4-9,12,17,23H,1-3,10-11,13-16,19H2,(H,28,32). The molecule has 172 valence electrons. The Bertz CT molecular complexity index is 1020. The van der Waals surface area contributed by atoms with Crippen LogP contribution in [0, 0.1) is 11.3 Å². The molecule has 0 bridgehead atoms. The van der Waals surface area contributed by atoms with Crippen molar-refractivity contribution < 1.29 is 14.3 Å². The van der Waals surface area contributed by atoms with E-state index >= 15 is 0 Å². The van der Waals surface area contributed by atoms with Gasteiger partial charge in [-0.1, -0.05) is 43.5 Å². The number of nitrogens with zero attached hydrogens (tertiary/aromatic N) is 3. The van der Waals surface area contributed by atoms with Crippen LogP contribution in [0.2, 0.25) is 0 Å². The maximum Gasteiger partial charge on any atom is 0.317 e. The first-order chi connectivity index (χ1) is 16.1. The molecule has 7 heteroatoms. The van der Waals surface area contributed by atoms with Crippen molar-refractivity contribution in [3.05, 3.63) is 65.2 Å². The largest absolute Gasteiger partial charge is 0.489 e. The van der Waals surface area contributed by atoms with Crippen LogP contribution in [-0.4, -0.2) is 54.0 Å². The SMILES string of the molecule is N#Cc1ccccc1COc1cccc(C(=O)N2CCN(C(=O)NC3CCCCC3)CC2)c1. The van der Waals surface area contributed by atoms with E-state index in [9.17, 15) is 14.9 Å². The minimum atomic E-state index is -0.0646. The van der Waals surface area contributed by atoms with Crippen LogP contribution in [-0.2, 0) is 6.61 Å². The highest BCUT2D eigenvalue weighted by molar-refractivity contribution is 5.94. The number of urea groups is 1. The number of carbonyl (C=O) groups excluding carboxylic acids is 2. The molecule has 1 saturated heterocycles. The van der Waals surface area contributed by atoms with Crippen molar-refractivity contribution in [2.24, 2.45) is 0 Å². The van der Waals surface area contributed by atoms with Crippen molar-refractivity contribution in [1.82, 2.24) is 15.1 Å². The van der Waals surface area contributed by atoms with Gasteiger partial charge in [0, 0.05) is 43.3 Å². The van der Waals surface area contributed by atoms with Crippen LogP contribution < -0.4 is 10.1 Å². The summed E-state index contributed by atoms with van der Waals surface area (Å²) in [5, 5.41) is 12.4. The molecule has 1 aliphatic heterocycles. The van der Waals surface area contributed by atoms with Gasteiger partial charge in [-0.05, 0) is 37.1 Å². The molecule has 1 saturated carbocycles. The summed E-state index contributed by atoms with van der Waals surface area (Å²) in [6, 6.07) is 16.9. The molecule has 33 heavy (non-hydrogen) atoms. The summed E-state index contributed by atoms with van der Waals surface area (Å²) in [7, 11) is 0. The van der Waals surface area contributed by atoms with Gasteiger partial charge in [-0.2, -0.15) is 5.26 Å². The van der Waals surface area contributed by atoms with Crippen molar-refractivity contribution in [2.75, 3.05) is 26.2 Å². The molecule has 1 aliphatic carbocycles. The highest BCUT2D eigenvalue weighted by Gasteiger charge is 2.26. The minimum Gasteiger partial charge on any atom is -0.489 e. The number of carbonyl (C=O) groups is 2. The van der Waals surface area contributed by atoms with E-state index in [2.05, 4.69) is 11.4 Å². The normalized spacial score (nSPS) is 16.7. The van der Waals surface area contributed by atoms with Gasteiger partial charge in [-0.25, -0.2) is 4.79 Å². The predicted octanol–water partition coefficient (Wildman–Crippen LogP) is 3.94. The summed E-state index contributed by atoms with van der Waals surface area (Å²) in [6.45, 7) is 2.35. The van der Waals surface area contributed by atoms with Gasteiger partial charge in [0.25, 0.3) is 5.91 Å². The highest BCUT2D eigenvalue weighted by atomic mass is 16.5. The number of benzene rings is 2. The Morgan fingerprint density at radius 3 is 2.45 bits per heavy atom. The molecule has 7 nitrogen and oxygen atoms in total. The number of nitriles is 1. The minimum absolute atomic E-state index is 0.0120. The van der Waals surface area contributed by atoms with Gasteiger partial charge in [0.2, 0.25) is 0 Å². The van der Waals surface area contributed by atoms with Crippen molar-refractivity contribution in [3.8, 4) is 11.8 Å². The fraction of sp³-hybridized carbons (Fsp3) is 0.423. The van der Waals surface area contributed by atoms with Crippen molar-refractivity contribution >= 4 is 11.9 Å². The molecule has 2 aromatic rings. The fourth-order valence-corrected chi connectivity index (χ4v) is 4.44. The second-order valence-electron chi connectivity index (χ2n) is 8.65. The van der Waals surface area contributed by atoms with Crippen LogP contribution in [0.25, 0.3) is 0 Å². The molecule has 0 aromatic heterocycles. The van der Waals surface area contributed by atoms with Gasteiger partial charge >= 0.3 is 6.03 Å². The second kappa shape index (κ2) is 10.9. The zero-order valence-electron chi connectivity index (χ0n) is 18.8. The van der Waals surface area contributed by atoms with Crippen molar-refractivity contribution in [3.63, 3.8) is 0 Å². The lowest BCUT2D eigenvalue weighted by molar-refractivity contribution is 0.0662. The van der Waals surface area contributed by atoms with E-state index < -0.39 is 0 Å². The number of amides is 3. The van der Waals surface area contributed by atoms with Gasteiger partial charge < -0.3 is 19.9 Å². The first-order valence-corrected chi connectivity index (χ1v) is 11.7. The summed E-state index contributed by atoms with van der Waals surface area (Å²) in [4.78, 5) is 29.2. The van der Waals surface area contributed by atoms with E-state index in [4.69, 9.17) is 4.74 Å². The molecule has 2 fully saturated rings. The van der Waals surface area contributed by atoms with Gasteiger partial charge in [-0.3, -0.25) is 4.79 Å². The summed E-state index contributed by atoms with van der Waals surface area (Å²) >= 11 is 0. The summed E-state index contributed by atoms with van der Waals surface area (Å²) in [5.74, 6) is 0.518. The zero-order chi connectivity index (χ0) is 23.0. The van der Waals surface area contributed by atoms with Gasteiger partial charge in [0.1, 0.15) is 12.4 Å². The third-order valence-corrected chi connectivity index (χ3v) is 6.40.